The van der Waals surface area contributed by atoms with E-state index < -0.39 is 0 Å². The summed E-state index contributed by atoms with van der Waals surface area (Å²) in [6, 6.07) is 8.63. The maximum Gasteiger partial charge on any atom is 0.0285 e. The summed E-state index contributed by atoms with van der Waals surface area (Å²) in [7, 11) is 0. The Kier molecular flexibility index (Phi) is 1.81. The van der Waals surface area contributed by atoms with Crippen molar-refractivity contribution in [3.63, 3.8) is 0 Å². The molecule has 0 aromatic heterocycles. The molecule has 0 fully saturated rings. The maximum atomic E-state index is 6.45. The zero-order valence-electron chi connectivity index (χ0n) is 9.46. The van der Waals surface area contributed by atoms with Crippen LogP contribution in [-0.2, 0) is 5.41 Å². The number of fused-ring (bicyclic) bond motifs is 1. The lowest BCUT2D eigenvalue weighted by atomic mass is 9.71. The standard InChI is InChI=1S/C13H19N/c1-9-10-7-5-6-8-11(10)12(2,3)13(9,4)14/h5-9H,14H2,1-4H3. The first-order chi connectivity index (χ1) is 6.39. The molecule has 76 valence electrons. The number of hydrogen-bond donors (Lipinski definition) is 1. The average Bonchev–Trinajstić information content (AvgIpc) is 2.27. The van der Waals surface area contributed by atoms with Crippen molar-refractivity contribution in [1.82, 2.24) is 0 Å². The third-order valence-electron chi connectivity index (χ3n) is 4.35. The first-order valence-corrected chi connectivity index (χ1v) is 5.27. The van der Waals surface area contributed by atoms with Crippen LogP contribution >= 0.6 is 0 Å². The normalized spacial score (nSPS) is 34.2. The molecule has 2 atom stereocenters. The quantitative estimate of drug-likeness (QED) is 0.667. The molecule has 1 nitrogen and oxygen atoms in total. The molecule has 0 heterocycles. The first kappa shape index (κ1) is 9.72. The van der Waals surface area contributed by atoms with Gasteiger partial charge in [-0.05, 0) is 24.0 Å². The van der Waals surface area contributed by atoms with Gasteiger partial charge in [0.1, 0.15) is 0 Å². The van der Waals surface area contributed by atoms with Crippen LogP contribution in [0.2, 0.25) is 0 Å². The lowest BCUT2D eigenvalue weighted by Crippen LogP contribution is -2.51. The lowest BCUT2D eigenvalue weighted by Gasteiger charge is -2.38. The SMILES string of the molecule is CC1c2ccccc2C(C)(C)C1(C)N. The predicted molar refractivity (Wildman–Crippen MR) is 60.5 cm³/mol. The van der Waals surface area contributed by atoms with E-state index in [1.54, 1.807) is 0 Å². The Morgan fingerprint density at radius 2 is 1.71 bits per heavy atom. The van der Waals surface area contributed by atoms with Gasteiger partial charge < -0.3 is 5.73 Å². The summed E-state index contributed by atoms with van der Waals surface area (Å²) in [6.45, 7) is 8.88. The van der Waals surface area contributed by atoms with Crippen LogP contribution in [0, 0.1) is 0 Å². The summed E-state index contributed by atoms with van der Waals surface area (Å²) < 4.78 is 0. The highest BCUT2D eigenvalue weighted by molar-refractivity contribution is 5.47. The van der Waals surface area contributed by atoms with Crippen LogP contribution < -0.4 is 5.73 Å². The van der Waals surface area contributed by atoms with E-state index in [0.29, 0.717) is 5.92 Å². The van der Waals surface area contributed by atoms with Gasteiger partial charge in [-0.25, -0.2) is 0 Å². The molecule has 1 aliphatic rings. The number of hydrogen-bond acceptors (Lipinski definition) is 1. The van der Waals surface area contributed by atoms with E-state index >= 15 is 0 Å². The molecule has 1 aromatic rings. The van der Waals surface area contributed by atoms with E-state index in [9.17, 15) is 0 Å². The van der Waals surface area contributed by atoms with Crippen LogP contribution in [0.15, 0.2) is 24.3 Å². The summed E-state index contributed by atoms with van der Waals surface area (Å²) in [5.41, 5.74) is 9.21. The average molecular weight is 189 g/mol. The second-order valence-electron chi connectivity index (χ2n) is 5.22. The first-order valence-electron chi connectivity index (χ1n) is 5.27. The minimum Gasteiger partial charge on any atom is -0.324 e. The molecule has 2 rings (SSSR count). The molecule has 0 aliphatic heterocycles. The molecular weight excluding hydrogens is 170 g/mol. The van der Waals surface area contributed by atoms with Gasteiger partial charge in [-0.1, -0.05) is 45.0 Å². The number of nitrogens with two attached hydrogens (primary N) is 1. The van der Waals surface area contributed by atoms with Crippen LogP contribution in [0.3, 0.4) is 0 Å². The fourth-order valence-electron chi connectivity index (χ4n) is 2.60. The molecule has 2 N–H and O–H groups in total. The third kappa shape index (κ3) is 0.936. The molecule has 0 amide bonds. The van der Waals surface area contributed by atoms with E-state index in [2.05, 4.69) is 52.0 Å². The zero-order chi connectivity index (χ0) is 10.6. The van der Waals surface area contributed by atoms with Crippen molar-refractivity contribution in [2.75, 3.05) is 0 Å². The Labute approximate surface area is 86.3 Å². The van der Waals surface area contributed by atoms with Crippen molar-refractivity contribution in [2.24, 2.45) is 5.73 Å². The summed E-state index contributed by atoms with van der Waals surface area (Å²) in [5.74, 6) is 0.439. The second-order valence-corrected chi connectivity index (χ2v) is 5.22. The summed E-state index contributed by atoms with van der Waals surface area (Å²) in [4.78, 5) is 0. The number of benzene rings is 1. The van der Waals surface area contributed by atoms with Gasteiger partial charge in [0.25, 0.3) is 0 Å². The van der Waals surface area contributed by atoms with E-state index in [1.807, 2.05) is 0 Å². The zero-order valence-corrected chi connectivity index (χ0v) is 9.46. The van der Waals surface area contributed by atoms with E-state index in [-0.39, 0.29) is 11.0 Å². The molecule has 0 bridgehead atoms. The Morgan fingerprint density at radius 1 is 1.14 bits per heavy atom. The fraction of sp³-hybridized carbons (Fsp3) is 0.538. The molecule has 0 spiro atoms. The highest BCUT2D eigenvalue weighted by atomic mass is 14.8. The lowest BCUT2D eigenvalue weighted by molar-refractivity contribution is 0.275. The topological polar surface area (TPSA) is 26.0 Å². The Morgan fingerprint density at radius 3 is 2.29 bits per heavy atom. The van der Waals surface area contributed by atoms with Gasteiger partial charge in [0.15, 0.2) is 0 Å². The summed E-state index contributed by atoms with van der Waals surface area (Å²) in [6.07, 6.45) is 0. The predicted octanol–water partition coefficient (Wildman–Crippen LogP) is 2.80. The minimum absolute atomic E-state index is 0.0724. The molecule has 0 saturated carbocycles. The molecule has 1 aromatic carbocycles. The Hall–Kier alpha value is -0.820. The van der Waals surface area contributed by atoms with E-state index in [0.717, 1.165) is 0 Å². The van der Waals surface area contributed by atoms with Crippen LogP contribution in [0.5, 0.6) is 0 Å². The van der Waals surface area contributed by atoms with Crippen LogP contribution in [0.4, 0.5) is 0 Å². The van der Waals surface area contributed by atoms with Gasteiger partial charge in [0.05, 0.1) is 0 Å². The molecular formula is C13H19N. The smallest absolute Gasteiger partial charge is 0.0285 e. The van der Waals surface area contributed by atoms with Crippen LogP contribution in [0.25, 0.3) is 0 Å². The van der Waals surface area contributed by atoms with Crippen molar-refractivity contribution in [1.29, 1.82) is 0 Å². The molecule has 2 unspecified atom stereocenters. The molecule has 1 heteroatoms. The van der Waals surface area contributed by atoms with Crippen molar-refractivity contribution in [2.45, 2.75) is 44.6 Å². The van der Waals surface area contributed by atoms with Gasteiger partial charge in [-0.2, -0.15) is 0 Å². The molecule has 14 heavy (non-hydrogen) atoms. The maximum absolute atomic E-state index is 6.45. The van der Waals surface area contributed by atoms with Gasteiger partial charge in [-0.15, -0.1) is 0 Å². The molecule has 0 saturated heterocycles. The van der Waals surface area contributed by atoms with Gasteiger partial charge in [0.2, 0.25) is 0 Å². The Balaban J connectivity index is 2.68. The minimum atomic E-state index is -0.142. The van der Waals surface area contributed by atoms with Crippen LogP contribution in [-0.4, -0.2) is 5.54 Å². The van der Waals surface area contributed by atoms with Crippen molar-refractivity contribution in [3.8, 4) is 0 Å². The van der Waals surface area contributed by atoms with Gasteiger partial charge >= 0.3 is 0 Å². The highest BCUT2D eigenvalue weighted by Crippen LogP contribution is 2.50. The van der Waals surface area contributed by atoms with Crippen molar-refractivity contribution in [3.05, 3.63) is 35.4 Å². The van der Waals surface area contributed by atoms with Gasteiger partial charge in [-0.3, -0.25) is 0 Å². The largest absolute Gasteiger partial charge is 0.324 e. The fourth-order valence-corrected chi connectivity index (χ4v) is 2.60. The highest BCUT2D eigenvalue weighted by Gasteiger charge is 2.50. The Bertz CT molecular complexity index is 363. The van der Waals surface area contributed by atoms with E-state index in [1.165, 1.54) is 11.1 Å². The van der Waals surface area contributed by atoms with E-state index in [4.69, 9.17) is 5.73 Å². The molecule has 1 aliphatic carbocycles. The van der Waals surface area contributed by atoms with Crippen molar-refractivity contribution >= 4 is 0 Å². The van der Waals surface area contributed by atoms with Crippen LogP contribution in [0.1, 0.15) is 44.7 Å². The summed E-state index contributed by atoms with van der Waals surface area (Å²) >= 11 is 0. The summed E-state index contributed by atoms with van der Waals surface area (Å²) in [5, 5.41) is 0. The third-order valence-corrected chi connectivity index (χ3v) is 4.35. The monoisotopic (exact) mass is 189 g/mol. The van der Waals surface area contributed by atoms with Crippen molar-refractivity contribution < 1.29 is 0 Å². The molecule has 0 radical (unpaired) electrons. The van der Waals surface area contributed by atoms with Gasteiger partial charge in [0, 0.05) is 11.0 Å². The number of rotatable bonds is 0. The second kappa shape index (κ2) is 2.60.